The maximum atomic E-state index is 12.9. The molecule has 4 rings (SSSR count). The summed E-state index contributed by atoms with van der Waals surface area (Å²) >= 11 is 0. The van der Waals surface area contributed by atoms with Gasteiger partial charge >= 0.3 is 0 Å². The molecule has 2 aliphatic heterocycles. The number of carbonyl (C=O) groups excluding carboxylic acids is 3. The molecule has 9 heteroatoms. The lowest BCUT2D eigenvalue weighted by Crippen LogP contribution is -2.60. The minimum absolute atomic E-state index is 0.0842. The van der Waals surface area contributed by atoms with Crippen LogP contribution < -0.4 is 5.32 Å². The highest BCUT2D eigenvalue weighted by atomic mass is 16.5. The zero-order valence-corrected chi connectivity index (χ0v) is 14.6. The van der Waals surface area contributed by atoms with Gasteiger partial charge in [0.05, 0.1) is 18.9 Å². The van der Waals surface area contributed by atoms with Crippen LogP contribution >= 0.6 is 0 Å². The molecule has 0 saturated carbocycles. The van der Waals surface area contributed by atoms with Crippen LogP contribution in [0.25, 0.3) is 0 Å². The third-order valence-corrected chi connectivity index (χ3v) is 5.14. The van der Waals surface area contributed by atoms with Gasteiger partial charge in [0.15, 0.2) is 5.78 Å². The highest BCUT2D eigenvalue weighted by molar-refractivity contribution is 6.43. The highest BCUT2D eigenvalue weighted by Gasteiger charge is 2.45. The van der Waals surface area contributed by atoms with Crippen molar-refractivity contribution in [2.75, 3.05) is 13.2 Å². The maximum Gasteiger partial charge on any atom is 0.294 e. The Labute approximate surface area is 149 Å². The van der Waals surface area contributed by atoms with Crippen molar-refractivity contribution in [2.45, 2.75) is 38.8 Å². The van der Waals surface area contributed by atoms with Crippen LogP contribution in [0.3, 0.4) is 0 Å². The van der Waals surface area contributed by atoms with Gasteiger partial charge in [-0.15, -0.1) is 5.10 Å². The Morgan fingerprint density at radius 1 is 1.35 bits per heavy atom. The van der Waals surface area contributed by atoms with E-state index in [1.165, 1.54) is 6.92 Å². The molecule has 1 fully saturated rings. The van der Waals surface area contributed by atoms with Crippen LogP contribution in [0.2, 0.25) is 0 Å². The van der Waals surface area contributed by atoms with Crippen LogP contribution in [0, 0.1) is 6.92 Å². The molecule has 4 heterocycles. The molecule has 0 spiro atoms. The third kappa shape index (κ3) is 2.31. The molecule has 1 amide bonds. The van der Waals surface area contributed by atoms with Gasteiger partial charge in [0.2, 0.25) is 0 Å². The van der Waals surface area contributed by atoms with Crippen LogP contribution in [-0.4, -0.2) is 50.7 Å². The Balaban J connectivity index is 1.66. The monoisotopic (exact) mass is 357 g/mol. The summed E-state index contributed by atoms with van der Waals surface area (Å²) in [6, 6.07) is 0. The number of nitrogens with zero attached hydrogens (tertiary/aromatic N) is 3. The number of Topliss-reactive ketones (excluding diaryl/α,β-unsaturated/α-hetero) is 2. The van der Waals surface area contributed by atoms with Crippen LogP contribution in [0.4, 0.5) is 0 Å². The van der Waals surface area contributed by atoms with Crippen molar-refractivity contribution in [3.05, 3.63) is 34.4 Å². The first-order valence-electron chi connectivity index (χ1n) is 8.49. The number of rotatable bonds is 5. The summed E-state index contributed by atoms with van der Waals surface area (Å²) < 4.78 is 7.04. The molecule has 2 aromatic heterocycles. The van der Waals surface area contributed by atoms with Crippen molar-refractivity contribution in [1.82, 2.24) is 25.3 Å². The summed E-state index contributed by atoms with van der Waals surface area (Å²) in [7, 11) is 0. The standard InChI is InChI=1S/C17H19N5O4/c1-9-13(10(2)23)11-4-3-5-22(11)14(9)15(24)16(25)19-17(7-26-8-17)12-6-18-21-20-12/h6H,3-5,7-8H2,1-2H3,(H,19,25)(H,18,20,21). The van der Waals surface area contributed by atoms with Gasteiger partial charge in [0.1, 0.15) is 11.2 Å². The van der Waals surface area contributed by atoms with Crippen molar-refractivity contribution in [2.24, 2.45) is 0 Å². The van der Waals surface area contributed by atoms with Crippen molar-refractivity contribution in [1.29, 1.82) is 0 Å². The van der Waals surface area contributed by atoms with E-state index >= 15 is 0 Å². The molecule has 0 atom stereocenters. The molecule has 2 N–H and O–H groups in total. The zero-order valence-electron chi connectivity index (χ0n) is 14.6. The number of aromatic amines is 1. The molecule has 136 valence electrons. The lowest BCUT2D eigenvalue weighted by atomic mass is 9.93. The number of hydrogen-bond donors (Lipinski definition) is 2. The molecule has 9 nitrogen and oxygen atoms in total. The number of fused-ring (bicyclic) bond motifs is 1. The lowest BCUT2D eigenvalue weighted by molar-refractivity contribution is -0.130. The largest absolute Gasteiger partial charge is 0.376 e. The summed E-state index contributed by atoms with van der Waals surface area (Å²) in [6.45, 7) is 4.30. The number of hydrogen-bond acceptors (Lipinski definition) is 6. The first kappa shape index (κ1) is 16.6. The quantitative estimate of drug-likeness (QED) is 0.586. The Hall–Kier alpha value is -2.81. The SMILES string of the molecule is CC(=O)c1c(C)c(C(=O)C(=O)NC2(c3c[nH]nn3)COC2)n2c1CCC2. The molecule has 0 aliphatic carbocycles. The van der Waals surface area contributed by atoms with Crippen LogP contribution in [0.15, 0.2) is 6.20 Å². The molecular weight excluding hydrogens is 338 g/mol. The Morgan fingerprint density at radius 2 is 2.12 bits per heavy atom. The highest BCUT2D eigenvalue weighted by Crippen LogP contribution is 2.31. The molecule has 26 heavy (non-hydrogen) atoms. The average Bonchev–Trinajstić information content (AvgIpc) is 3.26. The summed E-state index contributed by atoms with van der Waals surface area (Å²) in [4.78, 5) is 37.6. The molecule has 0 aromatic carbocycles. The minimum Gasteiger partial charge on any atom is -0.376 e. The smallest absolute Gasteiger partial charge is 0.294 e. The van der Waals surface area contributed by atoms with Crippen LogP contribution in [0.5, 0.6) is 0 Å². The predicted octanol–water partition coefficient (Wildman–Crippen LogP) is 0.288. The molecule has 0 bridgehead atoms. The molecule has 2 aliphatic rings. The number of ketones is 2. The summed E-state index contributed by atoms with van der Waals surface area (Å²) in [5.74, 6) is -1.46. The molecule has 0 unspecified atom stereocenters. The molecule has 1 saturated heterocycles. The van der Waals surface area contributed by atoms with E-state index in [2.05, 4.69) is 20.7 Å². The number of H-pyrrole nitrogens is 1. The van der Waals surface area contributed by atoms with E-state index < -0.39 is 17.2 Å². The molecular formula is C17H19N5O4. The normalized spacial score (nSPS) is 17.5. The Bertz CT molecular complexity index is 908. The van der Waals surface area contributed by atoms with Gasteiger partial charge in [0, 0.05) is 24.0 Å². The van der Waals surface area contributed by atoms with E-state index in [9.17, 15) is 14.4 Å². The van der Waals surface area contributed by atoms with Crippen LogP contribution in [-0.2, 0) is 28.0 Å². The lowest BCUT2D eigenvalue weighted by Gasteiger charge is -2.39. The van der Waals surface area contributed by atoms with Gasteiger partial charge in [-0.3, -0.25) is 19.5 Å². The summed E-state index contributed by atoms with van der Waals surface area (Å²) in [6.07, 6.45) is 3.16. The van der Waals surface area contributed by atoms with Crippen LogP contribution in [0.1, 0.15) is 51.1 Å². The van der Waals surface area contributed by atoms with E-state index in [4.69, 9.17) is 4.74 Å². The van der Waals surface area contributed by atoms with E-state index in [1.807, 2.05) is 4.57 Å². The van der Waals surface area contributed by atoms with E-state index in [1.54, 1.807) is 13.1 Å². The second-order valence-corrected chi connectivity index (χ2v) is 6.82. The third-order valence-electron chi connectivity index (χ3n) is 5.14. The fraction of sp³-hybridized carbons (Fsp3) is 0.471. The zero-order chi connectivity index (χ0) is 18.5. The summed E-state index contributed by atoms with van der Waals surface area (Å²) in [5, 5.41) is 12.9. The van der Waals surface area contributed by atoms with Gasteiger partial charge in [-0.05, 0) is 32.3 Å². The van der Waals surface area contributed by atoms with Gasteiger partial charge in [-0.2, -0.15) is 0 Å². The topological polar surface area (TPSA) is 119 Å². The Kier molecular flexibility index (Phi) is 3.76. The predicted molar refractivity (Wildman–Crippen MR) is 88.8 cm³/mol. The fourth-order valence-electron chi connectivity index (χ4n) is 3.89. The first-order chi connectivity index (χ1) is 12.4. The van der Waals surface area contributed by atoms with Gasteiger partial charge in [-0.1, -0.05) is 5.21 Å². The van der Waals surface area contributed by atoms with Gasteiger partial charge in [0.25, 0.3) is 11.7 Å². The van der Waals surface area contributed by atoms with Gasteiger partial charge < -0.3 is 14.6 Å². The van der Waals surface area contributed by atoms with Crippen molar-refractivity contribution >= 4 is 17.5 Å². The van der Waals surface area contributed by atoms with Crippen molar-refractivity contribution < 1.29 is 19.1 Å². The maximum absolute atomic E-state index is 12.9. The number of ether oxygens (including phenoxy) is 1. The summed E-state index contributed by atoms with van der Waals surface area (Å²) in [5.41, 5.74) is 1.97. The Morgan fingerprint density at radius 3 is 2.69 bits per heavy atom. The number of amides is 1. The fourth-order valence-corrected chi connectivity index (χ4v) is 3.89. The number of carbonyl (C=O) groups is 3. The number of nitrogens with one attached hydrogen (secondary N) is 2. The molecule has 0 radical (unpaired) electrons. The average molecular weight is 357 g/mol. The van der Waals surface area contributed by atoms with E-state index in [0.29, 0.717) is 29.1 Å². The van der Waals surface area contributed by atoms with E-state index in [-0.39, 0.29) is 19.0 Å². The second kappa shape index (κ2) is 5.87. The molecule has 2 aromatic rings. The van der Waals surface area contributed by atoms with Crippen molar-refractivity contribution in [3.8, 4) is 0 Å². The van der Waals surface area contributed by atoms with E-state index in [0.717, 1.165) is 18.5 Å². The number of aromatic nitrogens is 4. The minimum atomic E-state index is -0.850. The van der Waals surface area contributed by atoms with Crippen molar-refractivity contribution in [3.63, 3.8) is 0 Å². The first-order valence-corrected chi connectivity index (χ1v) is 8.49. The van der Waals surface area contributed by atoms with Gasteiger partial charge in [-0.25, -0.2) is 0 Å². The second-order valence-electron chi connectivity index (χ2n) is 6.82.